The zero-order valence-corrected chi connectivity index (χ0v) is 10.8. The Morgan fingerprint density at radius 1 is 1.21 bits per heavy atom. The fourth-order valence-electron chi connectivity index (χ4n) is 1.48. The molecule has 0 fully saturated rings. The molecule has 1 rings (SSSR count). The molecule has 19 heavy (non-hydrogen) atoms. The van der Waals surface area contributed by atoms with Gasteiger partial charge in [-0.1, -0.05) is 0 Å². The predicted molar refractivity (Wildman–Crippen MR) is 65.9 cm³/mol. The summed E-state index contributed by atoms with van der Waals surface area (Å²) in [4.78, 5) is 23.1. The molecule has 0 amide bonds. The van der Waals surface area contributed by atoms with Crippen LogP contribution in [0.5, 0.6) is 0 Å². The maximum atomic E-state index is 11.8. The van der Waals surface area contributed by atoms with E-state index in [4.69, 9.17) is 14.9 Å². The number of hydrogen-bond acceptors (Lipinski definition) is 6. The average Bonchev–Trinajstić information content (AvgIpc) is 2.43. The van der Waals surface area contributed by atoms with Crippen LogP contribution in [-0.4, -0.2) is 48.6 Å². The molecule has 0 spiro atoms. The fraction of sp³-hybridized carbons (Fsp3) is 0.385. The van der Waals surface area contributed by atoms with Crippen LogP contribution >= 0.6 is 0 Å². The summed E-state index contributed by atoms with van der Waals surface area (Å²) < 4.78 is 9.46. The average molecular weight is 268 g/mol. The fourth-order valence-corrected chi connectivity index (χ4v) is 1.48. The van der Waals surface area contributed by atoms with Gasteiger partial charge >= 0.3 is 11.9 Å². The Balaban J connectivity index is 2.90. The lowest BCUT2D eigenvalue weighted by Crippen LogP contribution is -2.26. The molecule has 104 valence electrons. The van der Waals surface area contributed by atoms with Crippen molar-refractivity contribution < 1.29 is 29.3 Å². The second-order valence-corrected chi connectivity index (χ2v) is 3.91. The highest BCUT2D eigenvalue weighted by Crippen LogP contribution is 2.14. The predicted octanol–water partition coefficient (Wildman–Crippen LogP) is 0.292. The summed E-state index contributed by atoms with van der Waals surface area (Å²) in [6.45, 7) is 0.735. The number of rotatable bonds is 5. The molecule has 0 aliphatic carbocycles. The molecule has 1 aromatic rings. The van der Waals surface area contributed by atoms with Crippen LogP contribution in [0.1, 0.15) is 26.3 Å². The molecule has 0 aromatic heterocycles. The van der Waals surface area contributed by atoms with Crippen LogP contribution in [0.25, 0.3) is 0 Å². The smallest absolute Gasteiger partial charge is 0.338 e. The van der Waals surface area contributed by atoms with Crippen LogP contribution in [0, 0.1) is 6.92 Å². The maximum absolute atomic E-state index is 11.8. The highest BCUT2D eigenvalue weighted by Gasteiger charge is 2.17. The van der Waals surface area contributed by atoms with Crippen molar-refractivity contribution in [2.75, 3.05) is 20.3 Å². The Bertz CT molecular complexity index is 464. The van der Waals surface area contributed by atoms with Gasteiger partial charge < -0.3 is 19.7 Å². The standard InChI is InChI=1S/C13H16O6/c1-8-5-9(12(16)18-2)3-4-11(8)13(17)19-10(6-14)7-15/h3-5,10,14-15H,6-7H2,1-2H3. The number of esters is 2. The number of carbonyl (C=O) groups excluding carboxylic acids is 2. The molecule has 6 heteroatoms. The molecule has 0 atom stereocenters. The summed E-state index contributed by atoms with van der Waals surface area (Å²) in [5.74, 6) is -1.16. The highest BCUT2D eigenvalue weighted by atomic mass is 16.6. The lowest BCUT2D eigenvalue weighted by Gasteiger charge is -2.14. The Kier molecular flexibility index (Phi) is 5.47. The van der Waals surface area contributed by atoms with Crippen molar-refractivity contribution in [2.45, 2.75) is 13.0 Å². The maximum Gasteiger partial charge on any atom is 0.338 e. The summed E-state index contributed by atoms with van der Waals surface area (Å²) >= 11 is 0. The van der Waals surface area contributed by atoms with Crippen molar-refractivity contribution in [3.05, 3.63) is 34.9 Å². The molecule has 0 aliphatic rings. The van der Waals surface area contributed by atoms with E-state index >= 15 is 0 Å². The zero-order valence-electron chi connectivity index (χ0n) is 10.8. The van der Waals surface area contributed by atoms with E-state index in [0.29, 0.717) is 11.1 Å². The third-order valence-corrected chi connectivity index (χ3v) is 2.55. The van der Waals surface area contributed by atoms with Gasteiger partial charge in [-0.05, 0) is 30.7 Å². The number of benzene rings is 1. The van der Waals surface area contributed by atoms with E-state index in [9.17, 15) is 9.59 Å². The largest absolute Gasteiger partial charge is 0.465 e. The van der Waals surface area contributed by atoms with Crippen LogP contribution in [0.15, 0.2) is 18.2 Å². The number of aliphatic hydroxyl groups excluding tert-OH is 2. The van der Waals surface area contributed by atoms with Crippen LogP contribution in [-0.2, 0) is 9.47 Å². The lowest BCUT2D eigenvalue weighted by molar-refractivity contribution is -0.00552. The summed E-state index contributed by atoms with van der Waals surface area (Å²) in [5, 5.41) is 17.7. The molecule has 0 radical (unpaired) electrons. The number of aliphatic hydroxyl groups is 2. The molecule has 0 saturated carbocycles. The number of ether oxygens (including phenoxy) is 2. The number of carbonyl (C=O) groups is 2. The summed E-state index contributed by atoms with van der Waals surface area (Å²) in [6.07, 6.45) is -0.952. The monoisotopic (exact) mass is 268 g/mol. The summed E-state index contributed by atoms with van der Waals surface area (Å²) in [5.41, 5.74) is 1.14. The molecule has 0 aliphatic heterocycles. The summed E-state index contributed by atoms with van der Waals surface area (Å²) in [7, 11) is 1.27. The van der Waals surface area contributed by atoms with Gasteiger partial charge in [-0.3, -0.25) is 0 Å². The molecule has 1 aromatic carbocycles. The van der Waals surface area contributed by atoms with Gasteiger partial charge in [0, 0.05) is 0 Å². The van der Waals surface area contributed by atoms with E-state index < -0.39 is 31.3 Å². The van der Waals surface area contributed by atoms with Crippen molar-refractivity contribution >= 4 is 11.9 Å². The van der Waals surface area contributed by atoms with E-state index in [1.807, 2.05) is 0 Å². The Labute approximate surface area is 110 Å². The zero-order chi connectivity index (χ0) is 14.4. The van der Waals surface area contributed by atoms with Gasteiger partial charge in [0.1, 0.15) is 6.10 Å². The first kappa shape index (κ1) is 15.1. The van der Waals surface area contributed by atoms with Crippen molar-refractivity contribution in [2.24, 2.45) is 0 Å². The van der Waals surface area contributed by atoms with E-state index in [0.717, 1.165) is 0 Å². The van der Waals surface area contributed by atoms with Crippen LogP contribution in [0.4, 0.5) is 0 Å². The third kappa shape index (κ3) is 3.77. The second-order valence-electron chi connectivity index (χ2n) is 3.91. The van der Waals surface area contributed by atoms with E-state index in [2.05, 4.69) is 4.74 Å². The molecular formula is C13H16O6. The van der Waals surface area contributed by atoms with Crippen molar-refractivity contribution in [1.29, 1.82) is 0 Å². The van der Waals surface area contributed by atoms with Gasteiger partial charge in [0.2, 0.25) is 0 Å². The van der Waals surface area contributed by atoms with Crippen molar-refractivity contribution in [3.8, 4) is 0 Å². The quantitative estimate of drug-likeness (QED) is 0.746. The summed E-state index contributed by atoms with van der Waals surface area (Å²) in [6, 6.07) is 4.40. The van der Waals surface area contributed by atoms with Gasteiger partial charge in [0.15, 0.2) is 0 Å². The van der Waals surface area contributed by atoms with E-state index in [1.165, 1.54) is 25.3 Å². The van der Waals surface area contributed by atoms with Crippen molar-refractivity contribution in [1.82, 2.24) is 0 Å². The molecule has 0 unspecified atom stereocenters. The Morgan fingerprint density at radius 3 is 2.32 bits per heavy atom. The number of hydrogen-bond donors (Lipinski definition) is 2. The van der Waals surface area contributed by atoms with Gasteiger partial charge in [0.25, 0.3) is 0 Å². The van der Waals surface area contributed by atoms with Gasteiger partial charge in [-0.15, -0.1) is 0 Å². The highest BCUT2D eigenvalue weighted by molar-refractivity contribution is 5.94. The minimum atomic E-state index is -0.952. The molecular weight excluding hydrogens is 252 g/mol. The number of methoxy groups -OCH3 is 1. The lowest BCUT2D eigenvalue weighted by atomic mass is 10.1. The molecule has 6 nitrogen and oxygen atoms in total. The van der Waals surface area contributed by atoms with Crippen LogP contribution < -0.4 is 0 Å². The van der Waals surface area contributed by atoms with Gasteiger partial charge in [-0.25, -0.2) is 9.59 Å². The minimum absolute atomic E-state index is 0.263. The van der Waals surface area contributed by atoms with Gasteiger partial charge in [0.05, 0.1) is 31.5 Å². The number of aryl methyl sites for hydroxylation is 1. The van der Waals surface area contributed by atoms with Gasteiger partial charge in [-0.2, -0.15) is 0 Å². The SMILES string of the molecule is COC(=O)c1ccc(C(=O)OC(CO)CO)c(C)c1. The Morgan fingerprint density at radius 2 is 1.84 bits per heavy atom. The van der Waals surface area contributed by atoms with E-state index in [-0.39, 0.29) is 5.56 Å². The molecule has 0 heterocycles. The first-order chi connectivity index (χ1) is 9.03. The molecule has 0 bridgehead atoms. The topological polar surface area (TPSA) is 93.1 Å². The van der Waals surface area contributed by atoms with E-state index in [1.54, 1.807) is 6.92 Å². The molecule has 0 saturated heterocycles. The second kappa shape index (κ2) is 6.86. The first-order valence-corrected chi connectivity index (χ1v) is 5.65. The van der Waals surface area contributed by atoms with Crippen molar-refractivity contribution in [3.63, 3.8) is 0 Å². The third-order valence-electron chi connectivity index (χ3n) is 2.55. The minimum Gasteiger partial charge on any atom is -0.465 e. The Hall–Kier alpha value is -1.92. The van der Waals surface area contributed by atoms with Crippen LogP contribution in [0.3, 0.4) is 0 Å². The molecule has 2 N–H and O–H groups in total. The first-order valence-electron chi connectivity index (χ1n) is 5.65. The normalized spacial score (nSPS) is 10.4. The van der Waals surface area contributed by atoms with Crippen LogP contribution in [0.2, 0.25) is 0 Å².